The molecular formula is C18H16Cl2N4O2S2. The zero-order valence-electron chi connectivity index (χ0n) is 14.6. The van der Waals surface area contributed by atoms with Crippen LogP contribution in [-0.2, 0) is 4.79 Å². The Balaban J connectivity index is 1.92. The predicted octanol–water partition coefficient (Wildman–Crippen LogP) is 4.34. The van der Waals surface area contributed by atoms with Crippen LogP contribution in [0.4, 0.5) is 11.4 Å². The van der Waals surface area contributed by atoms with Gasteiger partial charge < -0.3 is 16.0 Å². The van der Waals surface area contributed by atoms with Gasteiger partial charge in [0.25, 0.3) is 5.91 Å². The molecule has 0 spiro atoms. The number of carbonyl (C=O) groups excluding carboxylic acids is 2. The molecule has 28 heavy (non-hydrogen) atoms. The molecular weight excluding hydrogens is 439 g/mol. The Bertz CT molecular complexity index is 920. The molecule has 2 rings (SSSR count). The van der Waals surface area contributed by atoms with E-state index in [1.54, 1.807) is 49.4 Å². The number of hydrogen-bond acceptors (Lipinski definition) is 4. The Kier molecular flexibility index (Phi) is 8.13. The highest BCUT2D eigenvalue weighted by molar-refractivity contribution is 7.80. The molecule has 0 radical (unpaired) electrons. The highest BCUT2D eigenvalue weighted by Gasteiger charge is 2.14. The molecule has 4 N–H and O–H groups in total. The Morgan fingerprint density at radius 3 is 1.96 bits per heavy atom. The smallest absolute Gasteiger partial charge is 0.258 e. The zero-order chi connectivity index (χ0) is 20.7. The summed E-state index contributed by atoms with van der Waals surface area (Å²) in [4.78, 5) is 23.6. The van der Waals surface area contributed by atoms with Crippen molar-refractivity contribution in [3.63, 3.8) is 0 Å². The van der Waals surface area contributed by atoms with Gasteiger partial charge in [-0.2, -0.15) is 0 Å². The van der Waals surface area contributed by atoms with E-state index in [0.29, 0.717) is 17.8 Å². The summed E-state index contributed by atoms with van der Waals surface area (Å²) in [6.45, 7) is 1.74. The lowest BCUT2D eigenvalue weighted by Gasteiger charge is -2.12. The molecule has 2 aromatic carbocycles. The number of hydrogen-bond donors (Lipinski definition) is 4. The SMILES string of the molecule is CCC(=O)NC(=S)Nc1ccc(NC(=S)NC(=O)c2cccc(Cl)c2Cl)cc1. The molecule has 2 amide bonds. The maximum Gasteiger partial charge on any atom is 0.258 e. The molecule has 0 aromatic heterocycles. The Morgan fingerprint density at radius 1 is 0.893 bits per heavy atom. The van der Waals surface area contributed by atoms with Crippen LogP contribution in [0.2, 0.25) is 10.0 Å². The van der Waals surface area contributed by atoms with Crippen molar-refractivity contribution in [2.24, 2.45) is 0 Å². The fraction of sp³-hybridized carbons (Fsp3) is 0.111. The van der Waals surface area contributed by atoms with Crippen molar-refractivity contribution in [3.8, 4) is 0 Å². The molecule has 10 heteroatoms. The van der Waals surface area contributed by atoms with Gasteiger partial charge in [0, 0.05) is 17.8 Å². The third kappa shape index (κ3) is 6.42. The monoisotopic (exact) mass is 454 g/mol. The summed E-state index contributed by atoms with van der Waals surface area (Å²) in [5, 5.41) is 11.6. The lowest BCUT2D eigenvalue weighted by molar-refractivity contribution is -0.119. The summed E-state index contributed by atoms with van der Waals surface area (Å²) in [6.07, 6.45) is 0.342. The van der Waals surface area contributed by atoms with E-state index in [1.807, 2.05) is 0 Å². The minimum Gasteiger partial charge on any atom is -0.332 e. The van der Waals surface area contributed by atoms with Gasteiger partial charge in [0.2, 0.25) is 5.91 Å². The van der Waals surface area contributed by atoms with Crippen molar-refractivity contribution in [1.82, 2.24) is 10.6 Å². The van der Waals surface area contributed by atoms with Gasteiger partial charge in [-0.3, -0.25) is 14.9 Å². The highest BCUT2D eigenvalue weighted by atomic mass is 35.5. The van der Waals surface area contributed by atoms with Gasteiger partial charge in [0.1, 0.15) is 0 Å². The third-order valence-corrected chi connectivity index (χ3v) is 4.63. The van der Waals surface area contributed by atoms with Crippen LogP contribution in [0.3, 0.4) is 0 Å². The average Bonchev–Trinajstić information content (AvgIpc) is 2.65. The second-order valence-corrected chi connectivity index (χ2v) is 7.04. The topological polar surface area (TPSA) is 82.3 Å². The molecule has 0 unspecified atom stereocenters. The van der Waals surface area contributed by atoms with Gasteiger partial charge in [0.05, 0.1) is 15.6 Å². The van der Waals surface area contributed by atoms with E-state index < -0.39 is 5.91 Å². The number of thiocarbonyl (C=S) groups is 2. The Morgan fingerprint density at radius 2 is 1.43 bits per heavy atom. The Hall–Kier alpha value is -2.26. The lowest BCUT2D eigenvalue weighted by atomic mass is 10.2. The van der Waals surface area contributed by atoms with E-state index in [0.717, 1.165) is 0 Å². The number of halogens is 2. The van der Waals surface area contributed by atoms with E-state index in [4.69, 9.17) is 47.6 Å². The molecule has 0 aliphatic rings. The number of rotatable bonds is 4. The first-order valence-electron chi connectivity index (χ1n) is 8.07. The summed E-state index contributed by atoms with van der Waals surface area (Å²) in [7, 11) is 0. The number of anilines is 2. The van der Waals surface area contributed by atoms with Crippen LogP contribution in [-0.4, -0.2) is 22.0 Å². The van der Waals surface area contributed by atoms with Crippen LogP contribution in [0.15, 0.2) is 42.5 Å². The predicted molar refractivity (Wildman–Crippen MR) is 121 cm³/mol. The quantitative estimate of drug-likeness (QED) is 0.514. The summed E-state index contributed by atoms with van der Waals surface area (Å²) >= 11 is 22.1. The molecule has 0 fully saturated rings. The van der Waals surface area contributed by atoms with Crippen LogP contribution < -0.4 is 21.3 Å². The van der Waals surface area contributed by atoms with Gasteiger partial charge in [-0.05, 0) is 60.8 Å². The van der Waals surface area contributed by atoms with Crippen molar-refractivity contribution >= 4 is 81.1 Å². The normalized spacial score (nSPS) is 9.96. The van der Waals surface area contributed by atoms with E-state index in [-0.39, 0.29) is 31.7 Å². The second kappa shape index (κ2) is 10.3. The van der Waals surface area contributed by atoms with Crippen molar-refractivity contribution in [1.29, 1.82) is 0 Å². The number of carbonyl (C=O) groups is 2. The van der Waals surface area contributed by atoms with Crippen molar-refractivity contribution in [3.05, 3.63) is 58.1 Å². The third-order valence-electron chi connectivity index (χ3n) is 3.40. The highest BCUT2D eigenvalue weighted by Crippen LogP contribution is 2.25. The first kappa shape index (κ1) is 22.0. The van der Waals surface area contributed by atoms with Gasteiger partial charge in [-0.25, -0.2) is 0 Å². The van der Waals surface area contributed by atoms with Crippen molar-refractivity contribution < 1.29 is 9.59 Å². The molecule has 146 valence electrons. The van der Waals surface area contributed by atoms with E-state index in [2.05, 4.69) is 21.3 Å². The molecule has 0 bridgehead atoms. The summed E-state index contributed by atoms with van der Waals surface area (Å²) in [6, 6.07) is 11.7. The van der Waals surface area contributed by atoms with Gasteiger partial charge >= 0.3 is 0 Å². The van der Waals surface area contributed by atoms with E-state index in [1.165, 1.54) is 0 Å². The molecule has 0 atom stereocenters. The lowest BCUT2D eigenvalue weighted by Crippen LogP contribution is -2.34. The van der Waals surface area contributed by atoms with Crippen LogP contribution in [0, 0.1) is 0 Å². The molecule has 2 aromatic rings. The molecule has 0 saturated heterocycles. The van der Waals surface area contributed by atoms with Crippen molar-refractivity contribution in [2.45, 2.75) is 13.3 Å². The second-order valence-electron chi connectivity index (χ2n) is 5.44. The minimum absolute atomic E-state index is 0.104. The van der Waals surface area contributed by atoms with E-state index in [9.17, 15) is 9.59 Å². The standard InChI is InChI=1S/C18H16Cl2N4O2S2/c1-2-14(25)23-17(27)21-10-6-8-11(9-7-10)22-18(28)24-16(26)12-4-3-5-13(19)15(12)20/h3-9H,2H2,1H3,(H2,21,23,25,27)(H2,22,24,26,28). The first-order valence-corrected chi connectivity index (χ1v) is 9.64. The minimum atomic E-state index is -0.472. The summed E-state index contributed by atoms with van der Waals surface area (Å²) in [5.74, 6) is -0.642. The molecule has 0 aliphatic heterocycles. The van der Waals surface area contributed by atoms with Crippen molar-refractivity contribution in [2.75, 3.05) is 10.6 Å². The Labute approximate surface area is 183 Å². The number of amides is 2. The van der Waals surface area contributed by atoms with Crippen LogP contribution in [0.25, 0.3) is 0 Å². The summed E-state index contributed by atoms with van der Waals surface area (Å²) in [5.41, 5.74) is 1.56. The van der Waals surface area contributed by atoms with Crippen LogP contribution in [0.5, 0.6) is 0 Å². The van der Waals surface area contributed by atoms with E-state index >= 15 is 0 Å². The van der Waals surface area contributed by atoms with Crippen LogP contribution in [0.1, 0.15) is 23.7 Å². The van der Waals surface area contributed by atoms with Gasteiger partial charge in [-0.15, -0.1) is 0 Å². The molecule has 6 nitrogen and oxygen atoms in total. The maximum atomic E-state index is 12.3. The van der Waals surface area contributed by atoms with Gasteiger partial charge in [0.15, 0.2) is 10.2 Å². The maximum absolute atomic E-state index is 12.3. The number of benzene rings is 2. The van der Waals surface area contributed by atoms with Gasteiger partial charge in [-0.1, -0.05) is 36.2 Å². The summed E-state index contributed by atoms with van der Waals surface area (Å²) < 4.78 is 0. The van der Waals surface area contributed by atoms with Crippen LogP contribution >= 0.6 is 47.6 Å². The fourth-order valence-electron chi connectivity index (χ4n) is 2.03. The largest absolute Gasteiger partial charge is 0.332 e. The molecule has 0 aliphatic carbocycles. The average molecular weight is 455 g/mol. The first-order chi connectivity index (χ1) is 13.3. The molecule has 0 heterocycles. The number of nitrogens with one attached hydrogen (secondary N) is 4. The zero-order valence-corrected chi connectivity index (χ0v) is 17.8. The molecule has 0 saturated carbocycles. The fourth-order valence-corrected chi connectivity index (χ4v) is 2.85.